The van der Waals surface area contributed by atoms with Gasteiger partial charge in [0.15, 0.2) is 5.13 Å². The van der Waals surface area contributed by atoms with Gasteiger partial charge in [0.1, 0.15) is 11.5 Å². The number of anilines is 2. The van der Waals surface area contributed by atoms with Crippen molar-refractivity contribution >= 4 is 34.0 Å². The van der Waals surface area contributed by atoms with E-state index in [1.165, 1.54) is 18.2 Å². The van der Waals surface area contributed by atoms with Gasteiger partial charge >= 0.3 is 0 Å². The van der Waals surface area contributed by atoms with Crippen molar-refractivity contribution in [3.8, 4) is 11.8 Å². The van der Waals surface area contributed by atoms with Crippen LogP contribution in [0, 0.1) is 17.7 Å². The number of carbonyl (C=O) groups is 2. The maximum Gasteiger partial charge on any atom is 0.260 e. The number of thiazole rings is 1. The van der Waals surface area contributed by atoms with Crippen molar-refractivity contribution < 1.29 is 14.0 Å². The summed E-state index contributed by atoms with van der Waals surface area (Å²) in [6, 6.07) is 18.4. The highest BCUT2D eigenvalue weighted by molar-refractivity contribution is 7.14. The van der Waals surface area contributed by atoms with Gasteiger partial charge in [-0.1, -0.05) is 30.2 Å². The largest absolute Gasteiger partial charge is 0.326 e. The molecule has 4 rings (SSSR count). The Labute approximate surface area is 193 Å². The third-order valence-corrected chi connectivity index (χ3v) is 5.19. The number of pyridine rings is 1. The normalized spacial score (nSPS) is 10.1. The number of amides is 2. The van der Waals surface area contributed by atoms with E-state index in [4.69, 9.17) is 0 Å². The van der Waals surface area contributed by atoms with E-state index in [1.54, 1.807) is 35.8 Å². The van der Waals surface area contributed by atoms with Crippen molar-refractivity contribution in [3.05, 3.63) is 107 Å². The third kappa shape index (κ3) is 6.09. The van der Waals surface area contributed by atoms with E-state index in [9.17, 15) is 14.0 Å². The Morgan fingerprint density at radius 2 is 1.82 bits per heavy atom. The van der Waals surface area contributed by atoms with Gasteiger partial charge in [-0.15, -0.1) is 11.3 Å². The second-order valence-electron chi connectivity index (χ2n) is 6.85. The number of benzene rings is 2. The molecule has 0 aliphatic heterocycles. The predicted molar refractivity (Wildman–Crippen MR) is 125 cm³/mol. The van der Waals surface area contributed by atoms with Gasteiger partial charge in [0, 0.05) is 22.8 Å². The van der Waals surface area contributed by atoms with Crippen molar-refractivity contribution in [2.24, 2.45) is 0 Å². The van der Waals surface area contributed by atoms with Gasteiger partial charge in [-0.2, -0.15) is 0 Å². The molecular weight excluding hydrogens is 439 g/mol. The van der Waals surface area contributed by atoms with Crippen molar-refractivity contribution in [1.82, 2.24) is 9.97 Å². The first-order chi connectivity index (χ1) is 16.1. The molecule has 6 nitrogen and oxygen atoms in total. The molecule has 2 heterocycles. The summed E-state index contributed by atoms with van der Waals surface area (Å²) >= 11 is 1.16. The quantitative estimate of drug-likeness (QED) is 0.433. The molecule has 2 aromatic heterocycles. The number of hydrogen-bond acceptors (Lipinski definition) is 5. The third-order valence-electron chi connectivity index (χ3n) is 4.38. The van der Waals surface area contributed by atoms with Crippen molar-refractivity contribution in [2.75, 3.05) is 10.6 Å². The minimum absolute atomic E-state index is 0.0237. The lowest BCUT2D eigenvalue weighted by atomic mass is 10.2. The highest BCUT2D eigenvalue weighted by atomic mass is 32.1. The van der Waals surface area contributed by atoms with Crippen LogP contribution < -0.4 is 10.6 Å². The highest BCUT2D eigenvalue weighted by Crippen LogP contribution is 2.18. The topological polar surface area (TPSA) is 84.0 Å². The van der Waals surface area contributed by atoms with Gasteiger partial charge in [-0.3, -0.25) is 14.9 Å². The summed E-state index contributed by atoms with van der Waals surface area (Å²) in [5.74, 6) is 4.53. The number of nitrogens with one attached hydrogen (secondary N) is 2. The van der Waals surface area contributed by atoms with Gasteiger partial charge in [0.2, 0.25) is 5.91 Å². The van der Waals surface area contributed by atoms with Gasteiger partial charge < -0.3 is 5.32 Å². The van der Waals surface area contributed by atoms with Crippen LogP contribution in [-0.4, -0.2) is 21.8 Å². The van der Waals surface area contributed by atoms with Gasteiger partial charge in [-0.25, -0.2) is 14.4 Å². The van der Waals surface area contributed by atoms with Crippen molar-refractivity contribution in [1.29, 1.82) is 0 Å². The Bertz CT molecular complexity index is 1360. The fraction of sp³-hybridized carbons (Fsp3) is 0.0400. The minimum Gasteiger partial charge on any atom is -0.326 e. The van der Waals surface area contributed by atoms with E-state index in [-0.39, 0.29) is 23.0 Å². The summed E-state index contributed by atoms with van der Waals surface area (Å²) in [7, 11) is 0. The number of aromatic nitrogens is 2. The first-order valence-electron chi connectivity index (χ1n) is 9.90. The number of carbonyl (C=O) groups excluding carboxylic acids is 2. The molecule has 2 N–H and O–H groups in total. The molecule has 0 aliphatic carbocycles. The molecule has 2 amide bonds. The smallest absolute Gasteiger partial charge is 0.260 e. The highest BCUT2D eigenvalue weighted by Gasteiger charge is 2.14. The lowest BCUT2D eigenvalue weighted by Gasteiger charge is -2.04. The number of halogens is 1. The van der Waals surface area contributed by atoms with Crippen LogP contribution in [0.3, 0.4) is 0 Å². The van der Waals surface area contributed by atoms with Crippen LogP contribution in [0.25, 0.3) is 0 Å². The van der Waals surface area contributed by atoms with Gasteiger partial charge in [0.25, 0.3) is 5.91 Å². The molecule has 8 heteroatoms. The molecule has 0 saturated carbocycles. The van der Waals surface area contributed by atoms with Gasteiger partial charge in [-0.05, 0) is 48.4 Å². The molecule has 0 bridgehead atoms. The molecular formula is C25H17FN4O2S. The van der Waals surface area contributed by atoms with Crippen LogP contribution in [0.1, 0.15) is 27.3 Å². The van der Waals surface area contributed by atoms with E-state index < -0.39 is 11.7 Å². The zero-order valence-corrected chi connectivity index (χ0v) is 18.0. The molecule has 0 unspecified atom stereocenters. The average molecular weight is 457 g/mol. The van der Waals surface area contributed by atoms with Crippen LogP contribution in [0.4, 0.5) is 15.2 Å². The summed E-state index contributed by atoms with van der Waals surface area (Å²) < 4.78 is 13.7. The van der Waals surface area contributed by atoms with Crippen LogP contribution in [0.15, 0.2) is 78.3 Å². The van der Waals surface area contributed by atoms with Crippen molar-refractivity contribution in [3.63, 3.8) is 0 Å². The second-order valence-corrected chi connectivity index (χ2v) is 7.71. The molecule has 0 fully saturated rings. The Kier molecular flexibility index (Phi) is 6.83. The number of nitrogens with zero attached hydrogens (tertiary/aromatic N) is 2. The van der Waals surface area contributed by atoms with Gasteiger partial charge in [0.05, 0.1) is 17.7 Å². The van der Waals surface area contributed by atoms with E-state index in [0.29, 0.717) is 17.1 Å². The minimum atomic E-state index is -0.613. The van der Waals surface area contributed by atoms with Crippen LogP contribution in [-0.2, 0) is 11.2 Å². The van der Waals surface area contributed by atoms with E-state index in [0.717, 1.165) is 16.9 Å². The SMILES string of the molecule is O=C(Cc1csc(NC(=O)c2ccccc2F)n1)Nc1cccc(C#Cc2ccccn2)c1. The lowest BCUT2D eigenvalue weighted by molar-refractivity contribution is -0.115. The fourth-order valence-electron chi connectivity index (χ4n) is 2.87. The maximum atomic E-state index is 13.7. The average Bonchev–Trinajstić information content (AvgIpc) is 3.25. The van der Waals surface area contributed by atoms with E-state index in [1.807, 2.05) is 24.3 Å². The zero-order valence-electron chi connectivity index (χ0n) is 17.2. The standard InChI is InChI=1S/C25H17FN4O2S/c26-22-10-2-1-9-21(22)24(32)30-25-29-20(16-33-25)15-23(31)28-19-8-5-6-17(14-19)11-12-18-7-3-4-13-27-18/h1-10,13-14,16H,15H2,(H,28,31)(H,29,30,32). The fourth-order valence-corrected chi connectivity index (χ4v) is 3.58. The first-order valence-corrected chi connectivity index (χ1v) is 10.8. The molecule has 4 aromatic rings. The maximum absolute atomic E-state index is 13.7. The number of rotatable bonds is 5. The lowest BCUT2D eigenvalue weighted by Crippen LogP contribution is -2.15. The summed E-state index contributed by atoms with van der Waals surface area (Å²) in [6.07, 6.45) is 1.70. The zero-order chi connectivity index (χ0) is 23.0. The molecule has 162 valence electrons. The first kappa shape index (κ1) is 21.9. The summed E-state index contributed by atoms with van der Waals surface area (Å²) in [5, 5.41) is 7.33. The monoisotopic (exact) mass is 456 g/mol. The van der Waals surface area contributed by atoms with Crippen LogP contribution in [0.5, 0.6) is 0 Å². The molecule has 33 heavy (non-hydrogen) atoms. The summed E-state index contributed by atoms with van der Waals surface area (Å²) in [6.45, 7) is 0. The molecule has 0 saturated heterocycles. The number of hydrogen-bond donors (Lipinski definition) is 2. The Morgan fingerprint density at radius 1 is 0.970 bits per heavy atom. The van der Waals surface area contributed by atoms with Crippen molar-refractivity contribution in [2.45, 2.75) is 6.42 Å². The Balaban J connectivity index is 1.35. The van der Waals surface area contributed by atoms with Crippen LogP contribution in [0.2, 0.25) is 0 Å². The summed E-state index contributed by atoms with van der Waals surface area (Å²) in [4.78, 5) is 33.0. The van der Waals surface area contributed by atoms with Crippen LogP contribution >= 0.6 is 11.3 Å². The molecule has 0 aliphatic rings. The molecule has 0 atom stereocenters. The molecule has 0 radical (unpaired) electrons. The predicted octanol–water partition coefficient (Wildman–Crippen LogP) is 4.51. The van der Waals surface area contributed by atoms with E-state index in [2.05, 4.69) is 32.4 Å². The molecule has 0 spiro atoms. The summed E-state index contributed by atoms with van der Waals surface area (Å²) in [5.41, 5.74) is 2.43. The second kappa shape index (κ2) is 10.3. The van der Waals surface area contributed by atoms with E-state index >= 15 is 0 Å². The molecule has 2 aromatic carbocycles. The Morgan fingerprint density at radius 3 is 2.64 bits per heavy atom. The Hall–Kier alpha value is -4.35.